The van der Waals surface area contributed by atoms with Crippen LogP contribution in [-0.2, 0) is 4.74 Å². The number of rotatable bonds is 3. The highest BCUT2D eigenvalue weighted by Gasteiger charge is 2.16. The van der Waals surface area contributed by atoms with Crippen LogP contribution in [0.2, 0.25) is 0 Å². The molecule has 23 heavy (non-hydrogen) atoms. The van der Waals surface area contributed by atoms with Crippen LogP contribution in [0.25, 0.3) is 0 Å². The molecule has 1 aromatic carbocycles. The topological polar surface area (TPSA) is 67.4 Å². The summed E-state index contributed by atoms with van der Waals surface area (Å²) in [6, 6.07) is 7.46. The van der Waals surface area contributed by atoms with Crippen molar-refractivity contribution in [3.8, 4) is 0 Å². The predicted molar refractivity (Wildman–Crippen MR) is 88.9 cm³/mol. The average molecular weight is 312 g/mol. The number of benzene rings is 1. The first-order chi connectivity index (χ1) is 11.1. The van der Waals surface area contributed by atoms with Gasteiger partial charge >= 0.3 is 0 Å². The first kappa shape index (κ1) is 15.4. The van der Waals surface area contributed by atoms with Gasteiger partial charge in [-0.3, -0.25) is 4.79 Å². The summed E-state index contributed by atoms with van der Waals surface area (Å²) >= 11 is 0. The van der Waals surface area contributed by atoms with Crippen molar-refractivity contribution in [1.29, 1.82) is 0 Å². The van der Waals surface area contributed by atoms with E-state index in [9.17, 15) is 4.79 Å². The molecule has 1 aromatic heterocycles. The molecule has 2 aromatic rings. The first-order valence-electron chi connectivity index (χ1n) is 7.68. The van der Waals surface area contributed by atoms with Gasteiger partial charge in [-0.2, -0.15) is 0 Å². The number of amides is 1. The number of ether oxygens (including phenoxy) is 1. The normalized spacial score (nSPS) is 14.6. The summed E-state index contributed by atoms with van der Waals surface area (Å²) in [5.41, 5.74) is 3.46. The highest BCUT2D eigenvalue weighted by atomic mass is 16.5. The lowest BCUT2D eigenvalue weighted by Gasteiger charge is -2.26. The van der Waals surface area contributed by atoms with Crippen LogP contribution in [0.1, 0.15) is 21.6 Å². The van der Waals surface area contributed by atoms with E-state index in [2.05, 4.69) is 15.3 Å². The highest BCUT2D eigenvalue weighted by Crippen LogP contribution is 2.16. The molecule has 1 aliphatic heterocycles. The van der Waals surface area contributed by atoms with Crippen LogP contribution in [0.15, 0.2) is 30.5 Å². The Morgan fingerprint density at radius 1 is 1.17 bits per heavy atom. The van der Waals surface area contributed by atoms with E-state index in [1.165, 1.54) is 5.56 Å². The van der Waals surface area contributed by atoms with Gasteiger partial charge in [-0.1, -0.05) is 6.07 Å². The van der Waals surface area contributed by atoms with Gasteiger partial charge in [0.15, 0.2) is 0 Å². The van der Waals surface area contributed by atoms with E-state index in [-0.39, 0.29) is 5.91 Å². The Kier molecular flexibility index (Phi) is 4.52. The van der Waals surface area contributed by atoms with Crippen LogP contribution in [0.3, 0.4) is 0 Å². The standard InChI is InChI=1S/C17H20N4O2/c1-12-3-4-14(11-13(12)2)19-16(22)15-5-6-18-17(20-15)21-7-9-23-10-8-21/h3-6,11H,7-10H2,1-2H3,(H,19,22). The summed E-state index contributed by atoms with van der Waals surface area (Å²) in [5.74, 6) is 0.339. The Balaban J connectivity index is 1.75. The van der Waals surface area contributed by atoms with Gasteiger partial charge in [0.1, 0.15) is 5.69 Å². The zero-order valence-electron chi connectivity index (χ0n) is 13.4. The summed E-state index contributed by atoms with van der Waals surface area (Å²) in [7, 11) is 0. The number of nitrogens with zero attached hydrogens (tertiary/aromatic N) is 3. The summed E-state index contributed by atoms with van der Waals surface area (Å²) < 4.78 is 5.32. The average Bonchev–Trinajstić information content (AvgIpc) is 2.59. The second-order valence-electron chi connectivity index (χ2n) is 5.59. The van der Waals surface area contributed by atoms with Crippen molar-refractivity contribution in [3.05, 3.63) is 47.3 Å². The lowest BCUT2D eigenvalue weighted by atomic mass is 10.1. The van der Waals surface area contributed by atoms with Crippen molar-refractivity contribution in [1.82, 2.24) is 9.97 Å². The number of nitrogens with one attached hydrogen (secondary N) is 1. The molecule has 0 saturated carbocycles. The molecule has 1 amide bonds. The van der Waals surface area contributed by atoms with E-state index in [4.69, 9.17) is 4.74 Å². The van der Waals surface area contributed by atoms with Gasteiger partial charge in [0.2, 0.25) is 5.95 Å². The quantitative estimate of drug-likeness (QED) is 0.941. The number of aromatic nitrogens is 2. The zero-order chi connectivity index (χ0) is 16.2. The maximum Gasteiger partial charge on any atom is 0.274 e. The monoisotopic (exact) mass is 312 g/mol. The number of carbonyl (C=O) groups is 1. The molecule has 0 spiro atoms. The smallest absolute Gasteiger partial charge is 0.274 e. The molecule has 3 rings (SSSR count). The van der Waals surface area contributed by atoms with Crippen LogP contribution in [-0.4, -0.2) is 42.2 Å². The van der Waals surface area contributed by atoms with Crippen molar-refractivity contribution in [2.24, 2.45) is 0 Å². The van der Waals surface area contributed by atoms with E-state index >= 15 is 0 Å². The van der Waals surface area contributed by atoms with Crippen molar-refractivity contribution in [2.45, 2.75) is 13.8 Å². The van der Waals surface area contributed by atoms with Gasteiger partial charge in [-0.05, 0) is 43.2 Å². The summed E-state index contributed by atoms with van der Waals surface area (Å²) in [6.07, 6.45) is 1.62. The molecule has 1 fully saturated rings. The Labute approximate surface area is 135 Å². The van der Waals surface area contributed by atoms with Crippen molar-refractivity contribution in [3.63, 3.8) is 0 Å². The Hall–Kier alpha value is -2.47. The lowest BCUT2D eigenvalue weighted by Crippen LogP contribution is -2.37. The van der Waals surface area contributed by atoms with Crippen LogP contribution in [0.5, 0.6) is 0 Å². The third kappa shape index (κ3) is 3.65. The molecule has 2 heterocycles. The third-order valence-corrected chi connectivity index (χ3v) is 3.93. The molecular formula is C17H20N4O2. The lowest BCUT2D eigenvalue weighted by molar-refractivity contribution is 0.102. The molecule has 6 heteroatoms. The SMILES string of the molecule is Cc1ccc(NC(=O)c2ccnc(N3CCOCC3)n2)cc1C. The molecule has 0 radical (unpaired) electrons. The van der Waals surface area contributed by atoms with E-state index in [1.54, 1.807) is 12.3 Å². The van der Waals surface area contributed by atoms with Crippen LogP contribution < -0.4 is 10.2 Å². The number of anilines is 2. The second kappa shape index (κ2) is 6.75. The van der Waals surface area contributed by atoms with Gasteiger partial charge in [0.25, 0.3) is 5.91 Å². The second-order valence-corrected chi connectivity index (χ2v) is 5.59. The fourth-order valence-electron chi connectivity index (χ4n) is 2.40. The molecule has 0 atom stereocenters. The van der Waals surface area contributed by atoms with E-state index in [0.717, 1.165) is 24.3 Å². The molecular weight excluding hydrogens is 292 g/mol. The highest BCUT2D eigenvalue weighted by molar-refractivity contribution is 6.03. The minimum atomic E-state index is -0.231. The van der Waals surface area contributed by atoms with Crippen LogP contribution in [0, 0.1) is 13.8 Å². The number of morpholine rings is 1. The predicted octanol–water partition coefficient (Wildman–Crippen LogP) is 2.18. The first-order valence-corrected chi connectivity index (χ1v) is 7.68. The zero-order valence-corrected chi connectivity index (χ0v) is 13.4. The molecule has 0 bridgehead atoms. The van der Waals surface area contributed by atoms with Gasteiger partial charge in [0, 0.05) is 25.0 Å². The van der Waals surface area contributed by atoms with Gasteiger partial charge in [0.05, 0.1) is 13.2 Å². The van der Waals surface area contributed by atoms with Gasteiger partial charge < -0.3 is 15.0 Å². The minimum absolute atomic E-state index is 0.231. The molecule has 0 aliphatic carbocycles. The summed E-state index contributed by atoms with van der Waals surface area (Å²) in [5, 5.41) is 2.88. The molecule has 1 saturated heterocycles. The van der Waals surface area contributed by atoms with Gasteiger partial charge in [-0.15, -0.1) is 0 Å². The van der Waals surface area contributed by atoms with E-state index in [1.807, 2.05) is 36.9 Å². The Morgan fingerprint density at radius 2 is 1.96 bits per heavy atom. The molecule has 6 nitrogen and oxygen atoms in total. The van der Waals surface area contributed by atoms with Crippen LogP contribution in [0.4, 0.5) is 11.6 Å². The third-order valence-electron chi connectivity index (χ3n) is 3.93. The number of hydrogen-bond acceptors (Lipinski definition) is 5. The summed E-state index contributed by atoms with van der Waals surface area (Å²) in [4.78, 5) is 23.1. The number of aryl methyl sites for hydroxylation is 2. The van der Waals surface area contributed by atoms with Crippen molar-refractivity contribution in [2.75, 3.05) is 36.5 Å². The maximum atomic E-state index is 12.4. The minimum Gasteiger partial charge on any atom is -0.378 e. The van der Waals surface area contributed by atoms with Gasteiger partial charge in [-0.25, -0.2) is 9.97 Å². The van der Waals surface area contributed by atoms with Crippen molar-refractivity contribution >= 4 is 17.5 Å². The summed E-state index contributed by atoms with van der Waals surface area (Å²) in [6.45, 7) is 6.85. The Morgan fingerprint density at radius 3 is 2.70 bits per heavy atom. The molecule has 1 N–H and O–H groups in total. The molecule has 0 unspecified atom stereocenters. The maximum absolute atomic E-state index is 12.4. The van der Waals surface area contributed by atoms with E-state index < -0.39 is 0 Å². The number of hydrogen-bond donors (Lipinski definition) is 1. The molecule has 120 valence electrons. The fraction of sp³-hybridized carbons (Fsp3) is 0.353. The molecule has 1 aliphatic rings. The largest absolute Gasteiger partial charge is 0.378 e. The van der Waals surface area contributed by atoms with E-state index in [0.29, 0.717) is 24.9 Å². The van der Waals surface area contributed by atoms with Crippen LogP contribution >= 0.6 is 0 Å². The number of carbonyl (C=O) groups excluding carboxylic acids is 1. The fourth-order valence-corrected chi connectivity index (χ4v) is 2.40. The van der Waals surface area contributed by atoms with Crippen molar-refractivity contribution < 1.29 is 9.53 Å². The Bertz CT molecular complexity index is 711.